The number of carbonyl (C=O) groups excluding carboxylic acids is 1. The van der Waals surface area contributed by atoms with E-state index < -0.39 is 6.29 Å². The zero-order chi connectivity index (χ0) is 11.5. The van der Waals surface area contributed by atoms with Gasteiger partial charge in [-0.25, -0.2) is 0 Å². The van der Waals surface area contributed by atoms with Gasteiger partial charge >= 0.3 is 0 Å². The highest BCUT2D eigenvalue weighted by molar-refractivity contribution is 5.72. The van der Waals surface area contributed by atoms with E-state index in [0.717, 1.165) is 25.4 Å². The second-order valence-corrected chi connectivity index (χ2v) is 3.01. The molecule has 0 spiro atoms. The van der Waals surface area contributed by atoms with E-state index in [1.54, 1.807) is 0 Å². The average molecular weight is 217 g/mol. The van der Waals surface area contributed by atoms with Crippen molar-refractivity contribution >= 4 is 5.91 Å². The lowest BCUT2D eigenvalue weighted by atomic mass is 10.4. The Bertz CT molecular complexity index is 194. The molecule has 0 aliphatic carbocycles. The first-order valence-electron chi connectivity index (χ1n) is 5.01. The molecule has 0 aromatic rings. The quantitative estimate of drug-likeness (QED) is 0.365. The molecule has 0 saturated carbocycles. The van der Waals surface area contributed by atoms with Gasteiger partial charge in [-0.3, -0.25) is 4.79 Å². The number of amides is 1. The third-order valence-corrected chi connectivity index (χ3v) is 1.61. The van der Waals surface area contributed by atoms with Crippen molar-refractivity contribution in [1.29, 1.82) is 0 Å². The van der Waals surface area contributed by atoms with E-state index in [-0.39, 0.29) is 12.5 Å². The summed E-state index contributed by atoms with van der Waals surface area (Å²) in [6.07, 6.45) is 3.32. The largest absolute Gasteiger partial charge is 0.512 e. The van der Waals surface area contributed by atoms with Gasteiger partial charge in [0.25, 0.3) is 0 Å². The monoisotopic (exact) mass is 217 g/mol. The number of nitrogens with one attached hydrogen (secondary N) is 1. The lowest BCUT2D eigenvalue weighted by molar-refractivity contribution is -0.126. The van der Waals surface area contributed by atoms with Crippen LogP contribution < -0.4 is 5.32 Å². The molecule has 0 unspecified atom stereocenters. The number of hydrogen-bond acceptors (Lipinski definition) is 4. The zero-order valence-electron chi connectivity index (χ0n) is 9.23. The van der Waals surface area contributed by atoms with Gasteiger partial charge in [0.2, 0.25) is 12.2 Å². The number of aliphatic hydroxyl groups excluding tert-OH is 1. The summed E-state index contributed by atoms with van der Waals surface area (Å²) in [7, 11) is 0. The maximum Gasteiger partial charge on any atom is 0.217 e. The van der Waals surface area contributed by atoms with Gasteiger partial charge in [-0.2, -0.15) is 0 Å². The van der Waals surface area contributed by atoms with Crippen LogP contribution in [0.4, 0.5) is 0 Å². The van der Waals surface area contributed by atoms with Gasteiger partial charge in [0.1, 0.15) is 12.5 Å². The number of aliphatic hydroxyl groups is 1. The van der Waals surface area contributed by atoms with Crippen LogP contribution in [0.15, 0.2) is 12.5 Å². The van der Waals surface area contributed by atoms with Gasteiger partial charge in [-0.1, -0.05) is 13.3 Å². The minimum atomic E-state index is -0.552. The lowest BCUT2D eigenvalue weighted by Gasteiger charge is -2.17. The Kier molecular flexibility index (Phi) is 8.56. The Morgan fingerprint density at radius 1 is 1.60 bits per heavy atom. The number of rotatable bonds is 8. The predicted octanol–water partition coefficient (Wildman–Crippen LogP) is 1.31. The molecule has 5 heteroatoms. The topological polar surface area (TPSA) is 67.8 Å². The molecule has 0 radical (unpaired) electrons. The summed E-state index contributed by atoms with van der Waals surface area (Å²) in [6, 6.07) is 0. The van der Waals surface area contributed by atoms with Crippen LogP contribution in [0.5, 0.6) is 0 Å². The number of hydrogen-bond donors (Lipinski definition) is 2. The third kappa shape index (κ3) is 9.08. The number of unbranched alkanes of at least 4 members (excludes halogenated alkanes) is 1. The molecule has 0 aliphatic rings. The van der Waals surface area contributed by atoms with E-state index in [1.807, 2.05) is 0 Å². The first-order valence-corrected chi connectivity index (χ1v) is 5.01. The Labute approximate surface area is 90.1 Å². The normalized spacial score (nSPS) is 12.7. The van der Waals surface area contributed by atoms with Crippen LogP contribution in [0, 0.1) is 0 Å². The fraction of sp³-hybridized carbons (Fsp3) is 0.700. The predicted molar refractivity (Wildman–Crippen MR) is 56.2 cm³/mol. The van der Waals surface area contributed by atoms with E-state index in [4.69, 9.17) is 14.6 Å². The fourth-order valence-corrected chi connectivity index (χ4v) is 0.855. The van der Waals surface area contributed by atoms with Crippen LogP contribution >= 0.6 is 0 Å². The summed E-state index contributed by atoms with van der Waals surface area (Å²) in [5.74, 6) is -0.143. The van der Waals surface area contributed by atoms with E-state index in [2.05, 4.69) is 12.2 Å². The first-order chi connectivity index (χ1) is 7.20. The van der Waals surface area contributed by atoms with Gasteiger partial charge < -0.3 is 19.9 Å². The van der Waals surface area contributed by atoms with Crippen molar-refractivity contribution in [3.63, 3.8) is 0 Å². The Morgan fingerprint density at radius 2 is 2.33 bits per heavy atom. The standard InChI is InChI=1S/C10H19NO4/c1-3-4-6-14-10(15-7-5-12)8-11-9(2)13/h5,7,10,12H,3-4,6,8H2,1-2H3,(H,11,13)/b7-5-/t10-/m0/s1. The maximum atomic E-state index is 10.7. The Morgan fingerprint density at radius 3 is 2.87 bits per heavy atom. The van der Waals surface area contributed by atoms with Crippen LogP contribution in [0.1, 0.15) is 26.7 Å². The molecule has 0 rings (SSSR count). The zero-order valence-corrected chi connectivity index (χ0v) is 9.23. The molecular weight excluding hydrogens is 198 g/mol. The minimum Gasteiger partial charge on any atom is -0.512 e. The molecule has 0 saturated heterocycles. The summed E-state index contributed by atoms with van der Waals surface area (Å²) in [5, 5.41) is 11.0. The maximum absolute atomic E-state index is 10.7. The highest BCUT2D eigenvalue weighted by Crippen LogP contribution is 1.97. The van der Waals surface area contributed by atoms with Crippen molar-refractivity contribution in [2.75, 3.05) is 13.2 Å². The first kappa shape index (κ1) is 13.8. The minimum absolute atomic E-state index is 0.143. The highest BCUT2D eigenvalue weighted by atomic mass is 16.7. The molecular formula is C10H19NO4. The summed E-state index contributed by atoms with van der Waals surface area (Å²) in [5.41, 5.74) is 0. The smallest absolute Gasteiger partial charge is 0.217 e. The van der Waals surface area contributed by atoms with E-state index >= 15 is 0 Å². The van der Waals surface area contributed by atoms with Crippen molar-refractivity contribution in [1.82, 2.24) is 5.32 Å². The molecule has 88 valence electrons. The highest BCUT2D eigenvalue weighted by Gasteiger charge is 2.08. The third-order valence-electron chi connectivity index (χ3n) is 1.61. The van der Waals surface area contributed by atoms with Crippen LogP contribution in [0.3, 0.4) is 0 Å². The SMILES string of the molecule is CCCCO[C@H](CNC(C)=O)O/C=C\O. The summed E-state index contributed by atoms with van der Waals surface area (Å²) in [6.45, 7) is 4.31. The second-order valence-electron chi connectivity index (χ2n) is 3.01. The van der Waals surface area contributed by atoms with Gasteiger partial charge in [-0.05, 0) is 6.42 Å². The van der Waals surface area contributed by atoms with Crippen LogP contribution in [0.25, 0.3) is 0 Å². The van der Waals surface area contributed by atoms with E-state index in [1.165, 1.54) is 6.92 Å². The van der Waals surface area contributed by atoms with Crippen molar-refractivity contribution < 1.29 is 19.4 Å². The van der Waals surface area contributed by atoms with Crippen molar-refractivity contribution in [3.8, 4) is 0 Å². The molecule has 15 heavy (non-hydrogen) atoms. The summed E-state index contributed by atoms with van der Waals surface area (Å²) in [4.78, 5) is 10.7. The van der Waals surface area contributed by atoms with Crippen LogP contribution in [0.2, 0.25) is 0 Å². The second kappa shape index (κ2) is 9.33. The van der Waals surface area contributed by atoms with Gasteiger partial charge in [-0.15, -0.1) is 0 Å². The van der Waals surface area contributed by atoms with Crippen molar-refractivity contribution in [2.45, 2.75) is 33.0 Å². The molecule has 0 heterocycles. The van der Waals surface area contributed by atoms with E-state index in [9.17, 15) is 4.79 Å². The Balaban J connectivity index is 3.77. The van der Waals surface area contributed by atoms with Gasteiger partial charge in [0.15, 0.2) is 0 Å². The molecule has 0 fully saturated rings. The van der Waals surface area contributed by atoms with Crippen LogP contribution in [-0.4, -0.2) is 30.5 Å². The summed E-state index contributed by atoms with van der Waals surface area (Å²) < 4.78 is 10.4. The van der Waals surface area contributed by atoms with Crippen molar-refractivity contribution in [3.05, 3.63) is 12.5 Å². The van der Waals surface area contributed by atoms with Gasteiger partial charge in [0, 0.05) is 6.92 Å². The molecule has 1 amide bonds. The molecule has 0 aliphatic heterocycles. The van der Waals surface area contributed by atoms with Crippen LogP contribution in [-0.2, 0) is 14.3 Å². The summed E-state index contributed by atoms with van der Waals surface area (Å²) >= 11 is 0. The van der Waals surface area contributed by atoms with E-state index in [0.29, 0.717) is 6.61 Å². The molecule has 0 aromatic heterocycles. The molecule has 2 N–H and O–H groups in total. The fourth-order valence-electron chi connectivity index (χ4n) is 0.855. The average Bonchev–Trinajstić information content (AvgIpc) is 2.21. The number of carbonyl (C=O) groups is 1. The number of ether oxygens (including phenoxy) is 2. The molecule has 5 nitrogen and oxygen atoms in total. The molecule has 1 atom stereocenters. The molecule has 0 bridgehead atoms. The molecule has 0 aromatic carbocycles. The van der Waals surface area contributed by atoms with Crippen molar-refractivity contribution in [2.24, 2.45) is 0 Å². The van der Waals surface area contributed by atoms with Gasteiger partial charge in [0.05, 0.1) is 13.2 Å². The Hall–Kier alpha value is -1.23. The lowest BCUT2D eigenvalue weighted by Crippen LogP contribution is -2.33.